The summed E-state index contributed by atoms with van der Waals surface area (Å²) >= 11 is 0. The first-order chi connectivity index (χ1) is 14.9. The van der Waals surface area contributed by atoms with Crippen LogP contribution in [0.5, 0.6) is 0 Å². The van der Waals surface area contributed by atoms with E-state index in [1.807, 2.05) is 30.5 Å². The van der Waals surface area contributed by atoms with Gasteiger partial charge in [-0.15, -0.1) is 0 Å². The zero-order chi connectivity index (χ0) is 19.9. The van der Waals surface area contributed by atoms with Crippen molar-refractivity contribution in [3.05, 3.63) is 109 Å². The minimum atomic E-state index is 0.895. The van der Waals surface area contributed by atoms with Crippen molar-refractivity contribution in [2.75, 3.05) is 0 Å². The Balaban J connectivity index is 1.71. The summed E-state index contributed by atoms with van der Waals surface area (Å²) < 4.78 is 0. The standard InChI is InChI=1S/C28H18N2/c1-3-9-19(10-4-1)21-15-16-24-25(17-21)22-13-7-8-14-23(22)27-28(24)30-26(18-29-27)20-11-5-2-6-12-20/h1-18H. The van der Waals surface area contributed by atoms with Gasteiger partial charge in [-0.25, -0.2) is 4.98 Å². The predicted molar refractivity (Wildman–Crippen MR) is 125 cm³/mol. The smallest absolute Gasteiger partial charge is 0.0979 e. The number of fused-ring (bicyclic) bond motifs is 6. The van der Waals surface area contributed by atoms with Crippen molar-refractivity contribution in [2.45, 2.75) is 0 Å². The van der Waals surface area contributed by atoms with E-state index in [0.29, 0.717) is 0 Å². The van der Waals surface area contributed by atoms with Gasteiger partial charge in [0.1, 0.15) is 0 Å². The molecule has 0 saturated heterocycles. The van der Waals surface area contributed by atoms with Crippen LogP contribution in [0.2, 0.25) is 0 Å². The molecule has 0 aliphatic carbocycles. The molecule has 0 N–H and O–H groups in total. The van der Waals surface area contributed by atoms with Crippen LogP contribution in [0, 0.1) is 0 Å². The van der Waals surface area contributed by atoms with Crippen molar-refractivity contribution in [1.82, 2.24) is 9.97 Å². The summed E-state index contributed by atoms with van der Waals surface area (Å²) in [5.74, 6) is 0. The molecule has 1 heterocycles. The van der Waals surface area contributed by atoms with E-state index in [2.05, 4.69) is 78.9 Å². The van der Waals surface area contributed by atoms with Crippen LogP contribution in [0.15, 0.2) is 109 Å². The Morgan fingerprint density at radius 1 is 0.433 bits per heavy atom. The molecule has 0 spiro atoms. The summed E-state index contributed by atoms with van der Waals surface area (Å²) in [5, 5.41) is 4.68. The molecule has 0 aliphatic heterocycles. The average Bonchev–Trinajstić information content (AvgIpc) is 2.84. The van der Waals surface area contributed by atoms with E-state index in [1.54, 1.807) is 0 Å². The number of hydrogen-bond acceptors (Lipinski definition) is 2. The summed E-state index contributed by atoms with van der Waals surface area (Å²) in [5.41, 5.74) is 6.29. The van der Waals surface area contributed by atoms with E-state index >= 15 is 0 Å². The van der Waals surface area contributed by atoms with E-state index in [-0.39, 0.29) is 0 Å². The molecule has 0 amide bonds. The second-order valence-corrected chi connectivity index (χ2v) is 7.49. The average molecular weight is 382 g/mol. The lowest BCUT2D eigenvalue weighted by Gasteiger charge is -2.12. The van der Waals surface area contributed by atoms with Crippen molar-refractivity contribution in [2.24, 2.45) is 0 Å². The number of aromatic nitrogens is 2. The van der Waals surface area contributed by atoms with Crippen molar-refractivity contribution in [1.29, 1.82) is 0 Å². The van der Waals surface area contributed by atoms with E-state index in [0.717, 1.165) is 33.1 Å². The molecule has 0 saturated carbocycles. The summed E-state index contributed by atoms with van der Waals surface area (Å²) in [4.78, 5) is 9.92. The van der Waals surface area contributed by atoms with Gasteiger partial charge in [0.25, 0.3) is 0 Å². The number of rotatable bonds is 2. The minimum absolute atomic E-state index is 0.895. The monoisotopic (exact) mass is 382 g/mol. The Hall–Kier alpha value is -4.04. The zero-order valence-corrected chi connectivity index (χ0v) is 16.3. The summed E-state index contributed by atoms with van der Waals surface area (Å²) in [6.07, 6.45) is 1.88. The third kappa shape index (κ3) is 2.66. The molecule has 5 aromatic carbocycles. The molecule has 2 heteroatoms. The van der Waals surface area contributed by atoms with Gasteiger partial charge in [-0.1, -0.05) is 97.1 Å². The lowest BCUT2D eigenvalue weighted by atomic mass is 9.95. The van der Waals surface area contributed by atoms with Crippen molar-refractivity contribution in [3.8, 4) is 22.4 Å². The second kappa shape index (κ2) is 6.78. The fourth-order valence-electron chi connectivity index (χ4n) is 4.23. The molecule has 0 atom stereocenters. The highest BCUT2D eigenvalue weighted by molar-refractivity contribution is 6.23. The van der Waals surface area contributed by atoms with E-state index in [1.165, 1.54) is 21.9 Å². The Labute approximate surface area is 174 Å². The van der Waals surface area contributed by atoms with Gasteiger partial charge < -0.3 is 0 Å². The lowest BCUT2D eigenvalue weighted by Crippen LogP contribution is -1.92. The third-order valence-electron chi connectivity index (χ3n) is 5.70. The van der Waals surface area contributed by atoms with Crippen LogP contribution in [-0.4, -0.2) is 9.97 Å². The molecule has 140 valence electrons. The molecule has 0 radical (unpaired) electrons. The molecular weight excluding hydrogens is 364 g/mol. The highest BCUT2D eigenvalue weighted by atomic mass is 14.8. The van der Waals surface area contributed by atoms with Crippen molar-refractivity contribution >= 4 is 32.6 Å². The van der Waals surface area contributed by atoms with Gasteiger partial charge in [-0.3, -0.25) is 4.98 Å². The fourth-order valence-corrected chi connectivity index (χ4v) is 4.23. The number of hydrogen-bond donors (Lipinski definition) is 0. The quantitative estimate of drug-likeness (QED) is 0.294. The van der Waals surface area contributed by atoms with Crippen molar-refractivity contribution < 1.29 is 0 Å². The summed E-state index contributed by atoms with van der Waals surface area (Å²) in [6, 6.07) is 35.9. The van der Waals surface area contributed by atoms with Crippen LogP contribution in [0.1, 0.15) is 0 Å². The number of nitrogens with zero attached hydrogens (tertiary/aromatic N) is 2. The zero-order valence-electron chi connectivity index (χ0n) is 16.3. The molecule has 1 aromatic heterocycles. The number of benzene rings is 5. The third-order valence-corrected chi connectivity index (χ3v) is 5.70. The molecule has 0 fully saturated rings. The lowest BCUT2D eigenvalue weighted by molar-refractivity contribution is 1.31. The molecule has 0 unspecified atom stereocenters. The van der Waals surface area contributed by atoms with Crippen LogP contribution >= 0.6 is 0 Å². The van der Waals surface area contributed by atoms with Gasteiger partial charge >= 0.3 is 0 Å². The topological polar surface area (TPSA) is 25.8 Å². The normalized spacial score (nSPS) is 11.3. The van der Waals surface area contributed by atoms with Gasteiger partial charge in [0.2, 0.25) is 0 Å². The summed E-state index contributed by atoms with van der Waals surface area (Å²) in [6.45, 7) is 0. The van der Waals surface area contributed by atoms with Crippen molar-refractivity contribution in [3.63, 3.8) is 0 Å². The minimum Gasteiger partial charge on any atom is -0.252 e. The fraction of sp³-hybridized carbons (Fsp3) is 0. The molecule has 0 bridgehead atoms. The van der Waals surface area contributed by atoms with Gasteiger partial charge in [-0.05, 0) is 28.0 Å². The molecule has 2 nitrogen and oxygen atoms in total. The molecule has 6 aromatic rings. The largest absolute Gasteiger partial charge is 0.252 e. The molecule has 6 rings (SSSR count). The maximum Gasteiger partial charge on any atom is 0.0979 e. The van der Waals surface area contributed by atoms with Gasteiger partial charge in [-0.2, -0.15) is 0 Å². The molecule has 0 aliphatic rings. The second-order valence-electron chi connectivity index (χ2n) is 7.49. The SMILES string of the molecule is c1ccc(-c2ccc3c(c2)c2ccccc2c2ncc(-c4ccccc4)nc32)cc1. The van der Waals surface area contributed by atoms with Gasteiger partial charge in [0.15, 0.2) is 0 Å². The van der Waals surface area contributed by atoms with E-state index in [9.17, 15) is 0 Å². The first kappa shape index (κ1) is 16.9. The van der Waals surface area contributed by atoms with Crippen LogP contribution in [0.4, 0.5) is 0 Å². The Morgan fingerprint density at radius 2 is 1.07 bits per heavy atom. The predicted octanol–water partition coefficient (Wildman–Crippen LogP) is 7.27. The Kier molecular flexibility index (Phi) is 3.82. The highest BCUT2D eigenvalue weighted by Crippen LogP contribution is 2.36. The van der Waals surface area contributed by atoms with Crippen LogP contribution in [-0.2, 0) is 0 Å². The van der Waals surface area contributed by atoms with Gasteiger partial charge in [0, 0.05) is 16.3 Å². The van der Waals surface area contributed by atoms with E-state index < -0.39 is 0 Å². The highest BCUT2D eigenvalue weighted by Gasteiger charge is 2.13. The van der Waals surface area contributed by atoms with E-state index in [4.69, 9.17) is 9.97 Å². The first-order valence-corrected chi connectivity index (χ1v) is 10.1. The van der Waals surface area contributed by atoms with Crippen LogP contribution in [0.3, 0.4) is 0 Å². The molecular formula is C28H18N2. The molecule has 30 heavy (non-hydrogen) atoms. The maximum atomic E-state index is 5.06. The van der Waals surface area contributed by atoms with Gasteiger partial charge in [0.05, 0.1) is 22.9 Å². The van der Waals surface area contributed by atoms with Crippen LogP contribution in [0.25, 0.3) is 55.0 Å². The first-order valence-electron chi connectivity index (χ1n) is 10.1. The summed E-state index contributed by atoms with van der Waals surface area (Å²) in [7, 11) is 0. The Morgan fingerprint density at radius 3 is 1.83 bits per heavy atom. The maximum absolute atomic E-state index is 5.06. The Bertz CT molecular complexity index is 1450. The van der Waals surface area contributed by atoms with Crippen LogP contribution < -0.4 is 0 Å².